The Kier molecular flexibility index (Phi) is 5.83. The maximum Gasteiger partial charge on any atom is 0.421 e. The summed E-state index contributed by atoms with van der Waals surface area (Å²) in [5.74, 6) is 0. The minimum absolute atomic E-state index is 0.00512. The zero-order valence-electron chi connectivity index (χ0n) is 16.3. The number of thiazole rings is 2. The molecule has 0 aliphatic carbocycles. The fraction of sp³-hybridized carbons (Fsp3) is 0.0500. The van der Waals surface area contributed by atoms with Gasteiger partial charge in [-0.25, -0.2) is 9.36 Å². The summed E-state index contributed by atoms with van der Waals surface area (Å²) in [5.41, 5.74) is 0.387. The molecule has 156 valence electrons. The Morgan fingerprint density at radius 2 is 1.36 bits per heavy atom. The van der Waals surface area contributed by atoms with Gasteiger partial charge in [-0.05, 0) is 5.56 Å². The number of nitrogens with zero attached hydrogens (tertiary/aromatic N) is 9. The molecule has 3 heterocycles. The van der Waals surface area contributed by atoms with Gasteiger partial charge in [-0.1, -0.05) is 53.0 Å². The Bertz CT molecular complexity index is 1500. The molecule has 0 atom stereocenters. The van der Waals surface area contributed by atoms with Crippen molar-refractivity contribution < 1.29 is 9.53 Å². The van der Waals surface area contributed by atoms with Crippen molar-refractivity contribution in [1.82, 2.24) is 14.5 Å². The number of benzene rings is 1. The van der Waals surface area contributed by atoms with Gasteiger partial charge in [-0.2, -0.15) is 41.0 Å². The fourth-order valence-electron chi connectivity index (χ4n) is 2.70. The number of aliphatic imine (C=N–C) groups is 2. The van der Waals surface area contributed by atoms with E-state index >= 15 is 0 Å². The molecule has 1 aromatic carbocycles. The minimum Gasteiger partial charge on any atom is -0.444 e. The van der Waals surface area contributed by atoms with Crippen molar-refractivity contribution in [3.63, 3.8) is 0 Å². The highest BCUT2D eigenvalue weighted by Crippen LogP contribution is 2.41. The second-order valence-corrected chi connectivity index (χ2v) is 8.00. The first-order chi connectivity index (χ1) is 16.1. The third kappa shape index (κ3) is 4.14. The first kappa shape index (κ1) is 21.3. The van der Waals surface area contributed by atoms with E-state index < -0.39 is 6.09 Å². The zero-order chi connectivity index (χ0) is 23.4. The Balaban J connectivity index is 1.84. The zero-order valence-corrected chi connectivity index (χ0v) is 17.9. The summed E-state index contributed by atoms with van der Waals surface area (Å²) in [7, 11) is 0. The van der Waals surface area contributed by atoms with Crippen molar-refractivity contribution in [1.29, 1.82) is 21.0 Å². The molecule has 0 aliphatic rings. The lowest BCUT2D eigenvalue weighted by Crippen LogP contribution is -2.14. The lowest BCUT2D eigenvalue weighted by Gasteiger charge is -2.05. The average Bonchev–Trinajstić information content (AvgIpc) is 3.50. The molecule has 11 nitrogen and oxygen atoms in total. The molecule has 13 heteroatoms. The SMILES string of the molecule is N#CC(C#N)=Nc1nc2c(s1)c1sc(N=C(C#N)C#N)nc1n2C(=O)OCc1ccccc1. The molecule has 0 unspecified atom stereocenters. The second kappa shape index (κ2) is 9.04. The van der Waals surface area contributed by atoms with Crippen molar-refractivity contribution in [3.8, 4) is 24.3 Å². The monoisotopic (exact) mass is 469 g/mol. The highest BCUT2D eigenvalue weighted by molar-refractivity contribution is 7.30. The van der Waals surface area contributed by atoms with E-state index in [0.29, 0.717) is 9.40 Å². The van der Waals surface area contributed by atoms with Crippen LogP contribution >= 0.6 is 22.7 Å². The van der Waals surface area contributed by atoms with Crippen LogP contribution in [-0.4, -0.2) is 32.1 Å². The van der Waals surface area contributed by atoms with E-state index in [2.05, 4.69) is 20.0 Å². The van der Waals surface area contributed by atoms with E-state index in [-0.39, 0.29) is 39.6 Å². The third-order valence-electron chi connectivity index (χ3n) is 4.05. The smallest absolute Gasteiger partial charge is 0.421 e. The molecule has 0 spiro atoms. The molecule has 0 amide bonds. The van der Waals surface area contributed by atoms with Crippen LogP contribution in [0.1, 0.15) is 5.56 Å². The van der Waals surface area contributed by atoms with E-state index in [0.717, 1.165) is 32.8 Å². The van der Waals surface area contributed by atoms with Crippen LogP contribution in [0.25, 0.3) is 20.7 Å². The third-order valence-corrected chi connectivity index (χ3v) is 6.09. The molecule has 0 saturated heterocycles. The van der Waals surface area contributed by atoms with Crippen molar-refractivity contribution in [3.05, 3.63) is 35.9 Å². The fourth-order valence-corrected chi connectivity index (χ4v) is 4.67. The van der Waals surface area contributed by atoms with Crippen LogP contribution in [0.2, 0.25) is 0 Å². The lowest BCUT2D eigenvalue weighted by molar-refractivity contribution is 0.143. The maximum absolute atomic E-state index is 13.0. The first-order valence-corrected chi connectivity index (χ1v) is 10.5. The van der Waals surface area contributed by atoms with Crippen molar-refractivity contribution in [2.75, 3.05) is 0 Å². The molecule has 0 aliphatic heterocycles. The quantitative estimate of drug-likeness (QED) is 0.400. The molecular weight excluding hydrogens is 462 g/mol. The molecule has 3 aromatic heterocycles. The predicted molar refractivity (Wildman–Crippen MR) is 119 cm³/mol. The van der Waals surface area contributed by atoms with Gasteiger partial charge in [0.15, 0.2) is 11.3 Å². The molecule has 0 radical (unpaired) electrons. The van der Waals surface area contributed by atoms with E-state index in [1.165, 1.54) is 0 Å². The number of hydrogen-bond acceptors (Lipinski definition) is 12. The second-order valence-electron chi connectivity index (χ2n) is 6.04. The van der Waals surface area contributed by atoms with Crippen LogP contribution in [0.3, 0.4) is 0 Å². The summed E-state index contributed by atoms with van der Waals surface area (Å²) < 4.78 is 7.57. The van der Waals surface area contributed by atoms with Gasteiger partial charge in [0.1, 0.15) is 30.9 Å². The number of nitriles is 4. The number of ether oxygens (including phenoxy) is 1. The molecule has 4 rings (SSSR count). The summed E-state index contributed by atoms with van der Waals surface area (Å²) in [4.78, 5) is 29.3. The molecule has 0 saturated carbocycles. The van der Waals surface area contributed by atoms with E-state index in [1.54, 1.807) is 36.4 Å². The summed E-state index contributed by atoms with van der Waals surface area (Å²) in [6.45, 7) is 0.00512. The highest BCUT2D eigenvalue weighted by Gasteiger charge is 2.25. The standard InChI is InChI=1S/C20H7N9O2S2/c21-6-12(7-22)25-18-27-16-14(32-18)15-17(28-19(33-15)26-13(8-23)9-24)29(16)20(30)31-10-11-4-2-1-3-5-11/h1-5H,10H2. The van der Waals surface area contributed by atoms with E-state index in [9.17, 15) is 4.79 Å². The molecular formula is C20H7N9O2S2. The van der Waals surface area contributed by atoms with E-state index in [1.807, 2.05) is 18.2 Å². The largest absolute Gasteiger partial charge is 0.444 e. The normalized spacial score (nSPS) is 9.94. The molecule has 0 bridgehead atoms. The summed E-state index contributed by atoms with van der Waals surface area (Å²) in [5, 5.41) is 36.0. The number of fused-ring (bicyclic) bond motifs is 3. The van der Waals surface area contributed by atoms with Crippen LogP contribution in [0.15, 0.2) is 40.3 Å². The van der Waals surface area contributed by atoms with Crippen LogP contribution in [0, 0.1) is 45.3 Å². The Morgan fingerprint density at radius 1 is 0.879 bits per heavy atom. The summed E-state index contributed by atoms with van der Waals surface area (Å²) in [6, 6.07) is 15.7. The Hall–Kier alpha value is -4.95. The van der Waals surface area contributed by atoms with Gasteiger partial charge in [0, 0.05) is 0 Å². The van der Waals surface area contributed by atoms with Gasteiger partial charge in [0.05, 0.1) is 9.40 Å². The molecule has 0 fully saturated rings. The first-order valence-electron chi connectivity index (χ1n) is 8.88. The van der Waals surface area contributed by atoms with Crippen LogP contribution < -0.4 is 0 Å². The highest BCUT2D eigenvalue weighted by atomic mass is 32.1. The lowest BCUT2D eigenvalue weighted by atomic mass is 10.2. The molecule has 0 N–H and O–H groups in total. The van der Waals surface area contributed by atoms with Gasteiger partial charge in [-0.3, -0.25) is 0 Å². The summed E-state index contributed by atoms with van der Waals surface area (Å²) in [6.07, 6.45) is -0.762. The van der Waals surface area contributed by atoms with Crippen molar-refractivity contribution in [2.24, 2.45) is 9.98 Å². The van der Waals surface area contributed by atoms with Gasteiger partial charge in [0.2, 0.25) is 21.7 Å². The minimum atomic E-state index is -0.762. The van der Waals surface area contributed by atoms with Crippen LogP contribution in [-0.2, 0) is 11.3 Å². The maximum atomic E-state index is 13.0. The number of carbonyl (C=O) groups excluding carboxylic acids is 1. The predicted octanol–water partition coefficient (Wildman–Crippen LogP) is 4.13. The number of hydrogen-bond donors (Lipinski definition) is 0. The van der Waals surface area contributed by atoms with Crippen molar-refractivity contribution in [2.45, 2.75) is 6.61 Å². The van der Waals surface area contributed by atoms with Gasteiger partial charge in [0.25, 0.3) is 0 Å². The van der Waals surface area contributed by atoms with E-state index in [4.69, 9.17) is 25.8 Å². The molecule has 4 aromatic rings. The molecule has 33 heavy (non-hydrogen) atoms. The Morgan fingerprint density at radius 3 is 1.82 bits per heavy atom. The topological polar surface area (TPSA) is 177 Å². The number of aromatic nitrogens is 3. The number of rotatable bonds is 4. The van der Waals surface area contributed by atoms with Gasteiger partial charge in [-0.15, -0.1) is 0 Å². The van der Waals surface area contributed by atoms with Crippen LogP contribution in [0.4, 0.5) is 15.1 Å². The Labute approximate surface area is 193 Å². The van der Waals surface area contributed by atoms with Gasteiger partial charge < -0.3 is 4.74 Å². The summed E-state index contributed by atoms with van der Waals surface area (Å²) >= 11 is 2.09. The van der Waals surface area contributed by atoms with Crippen LogP contribution in [0.5, 0.6) is 0 Å². The van der Waals surface area contributed by atoms with Crippen molar-refractivity contribution >= 4 is 71.1 Å². The number of carbonyl (C=O) groups is 1. The average molecular weight is 469 g/mol. The van der Waals surface area contributed by atoms with Gasteiger partial charge >= 0.3 is 6.09 Å².